The molecule has 0 saturated carbocycles. The number of benzene rings is 3. The van der Waals surface area contributed by atoms with E-state index in [4.69, 9.17) is 4.74 Å². The van der Waals surface area contributed by atoms with Crippen molar-refractivity contribution in [2.75, 3.05) is 6.61 Å². The van der Waals surface area contributed by atoms with E-state index in [0.29, 0.717) is 5.56 Å². The Balaban J connectivity index is 1.54. The zero-order chi connectivity index (χ0) is 21.5. The van der Waals surface area contributed by atoms with Gasteiger partial charge in [0.25, 0.3) is 11.6 Å². The Morgan fingerprint density at radius 2 is 1.83 bits per heavy atom. The average molecular weight is 404 g/mol. The quantitative estimate of drug-likeness (QED) is 0.276. The number of nitro groups is 1. The minimum absolute atomic E-state index is 0.0766. The maximum Gasteiger partial charge on any atom is 0.331 e. The molecule has 0 fully saturated rings. The summed E-state index contributed by atoms with van der Waals surface area (Å²) in [6, 6.07) is 19.3. The average Bonchev–Trinajstić information content (AvgIpc) is 2.76. The number of nitrogens with zero attached hydrogens (tertiary/aromatic N) is 1. The molecule has 0 saturated heterocycles. The molecule has 3 aromatic rings. The molecule has 0 unspecified atom stereocenters. The van der Waals surface area contributed by atoms with Gasteiger partial charge in [0.15, 0.2) is 6.61 Å². The zero-order valence-electron chi connectivity index (χ0n) is 16.3. The summed E-state index contributed by atoms with van der Waals surface area (Å²) in [5.74, 6) is -1.14. The number of non-ortho nitro benzene ring substituents is 1. The van der Waals surface area contributed by atoms with E-state index in [-0.39, 0.29) is 11.7 Å². The number of amides is 1. The van der Waals surface area contributed by atoms with Crippen molar-refractivity contribution in [1.82, 2.24) is 5.32 Å². The van der Waals surface area contributed by atoms with Gasteiger partial charge in [0.05, 0.1) is 11.0 Å². The summed E-state index contributed by atoms with van der Waals surface area (Å²) in [5, 5.41) is 15.7. The van der Waals surface area contributed by atoms with Crippen LogP contribution in [0.25, 0.3) is 16.8 Å². The highest BCUT2D eigenvalue weighted by atomic mass is 16.6. The van der Waals surface area contributed by atoms with E-state index < -0.39 is 23.4 Å². The van der Waals surface area contributed by atoms with Crippen LogP contribution < -0.4 is 5.32 Å². The lowest BCUT2D eigenvalue weighted by Crippen LogP contribution is -2.31. The van der Waals surface area contributed by atoms with Crippen molar-refractivity contribution in [2.24, 2.45) is 0 Å². The highest BCUT2D eigenvalue weighted by molar-refractivity contribution is 5.90. The van der Waals surface area contributed by atoms with Gasteiger partial charge >= 0.3 is 5.97 Å². The Morgan fingerprint density at radius 3 is 2.63 bits per heavy atom. The summed E-state index contributed by atoms with van der Waals surface area (Å²) in [7, 11) is 0. The topological polar surface area (TPSA) is 98.5 Å². The number of ether oxygens (including phenoxy) is 1. The van der Waals surface area contributed by atoms with Crippen molar-refractivity contribution in [3.63, 3.8) is 0 Å². The minimum Gasteiger partial charge on any atom is -0.452 e. The summed E-state index contributed by atoms with van der Waals surface area (Å²) in [4.78, 5) is 34.3. The Hall–Kier alpha value is -4.00. The summed E-state index contributed by atoms with van der Waals surface area (Å²) >= 11 is 0. The molecule has 7 nitrogen and oxygen atoms in total. The molecule has 0 bridgehead atoms. The standard InChI is InChI=1S/C23H20N2O5/c1-16(20-11-5-8-18-7-2-3-10-21(18)20)24-22(26)15-30-23(27)13-12-17-6-4-9-19(14-17)25(28)29/h2-14,16H,15H2,1H3,(H,24,26)/b13-12+/t16-/m1/s1. The fourth-order valence-electron chi connectivity index (χ4n) is 3.08. The third-order valence-electron chi connectivity index (χ3n) is 4.51. The van der Waals surface area contributed by atoms with Crippen LogP contribution in [0.4, 0.5) is 5.69 Å². The Labute approximate surface area is 173 Å². The largest absolute Gasteiger partial charge is 0.452 e. The van der Waals surface area contributed by atoms with Crippen LogP contribution >= 0.6 is 0 Å². The van der Waals surface area contributed by atoms with Gasteiger partial charge in [0.1, 0.15) is 0 Å². The lowest BCUT2D eigenvalue weighted by molar-refractivity contribution is -0.384. The van der Waals surface area contributed by atoms with Gasteiger partial charge in [-0.1, -0.05) is 54.6 Å². The summed E-state index contributed by atoms with van der Waals surface area (Å²) in [6.45, 7) is 1.44. The summed E-state index contributed by atoms with van der Waals surface area (Å²) in [6.07, 6.45) is 2.52. The van der Waals surface area contributed by atoms with E-state index in [2.05, 4.69) is 5.32 Å². The van der Waals surface area contributed by atoms with Gasteiger partial charge in [-0.2, -0.15) is 0 Å². The van der Waals surface area contributed by atoms with Crippen LogP contribution in [-0.4, -0.2) is 23.4 Å². The summed E-state index contributed by atoms with van der Waals surface area (Å²) in [5.41, 5.74) is 1.38. The van der Waals surface area contributed by atoms with Gasteiger partial charge in [-0.05, 0) is 34.9 Å². The van der Waals surface area contributed by atoms with E-state index in [0.717, 1.165) is 22.4 Å². The number of rotatable bonds is 7. The number of nitrogens with one attached hydrogen (secondary N) is 1. The van der Waals surface area contributed by atoms with Gasteiger partial charge in [-0.3, -0.25) is 14.9 Å². The fourth-order valence-corrected chi connectivity index (χ4v) is 3.08. The molecular formula is C23H20N2O5. The summed E-state index contributed by atoms with van der Waals surface area (Å²) < 4.78 is 4.96. The maximum atomic E-state index is 12.2. The Morgan fingerprint density at radius 1 is 1.10 bits per heavy atom. The highest BCUT2D eigenvalue weighted by Crippen LogP contribution is 2.24. The molecule has 3 rings (SSSR count). The lowest BCUT2D eigenvalue weighted by atomic mass is 10.00. The third-order valence-corrected chi connectivity index (χ3v) is 4.51. The van der Waals surface area contributed by atoms with Crippen LogP contribution in [0.15, 0.2) is 72.8 Å². The molecule has 3 aromatic carbocycles. The zero-order valence-corrected chi connectivity index (χ0v) is 16.3. The lowest BCUT2D eigenvalue weighted by Gasteiger charge is -2.16. The molecule has 7 heteroatoms. The van der Waals surface area contributed by atoms with Crippen molar-refractivity contribution in [1.29, 1.82) is 0 Å². The SMILES string of the molecule is C[C@@H](NC(=O)COC(=O)/C=C/c1cccc([N+](=O)[O-])c1)c1cccc2ccccc12. The normalized spacial score (nSPS) is 11.9. The van der Waals surface area contributed by atoms with E-state index in [9.17, 15) is 19.7 Å². The van der Waals surface area contributed by atoms with E-state index in [1.165, 1.54) is 24.3 Å². The van der Waals surface area contributed by atoms with Crippen LogP contribution in [0.1, 0.15) is 24.1 Å². The molecule has 0 aliphatic rings. The van der Waals surface area contributed by atoms with Crippen molar-refractivity contribution in [2.45, 2.75) is 13.0 Å². The van der Waals surface area contributed by atoms with Crippen molar-refractivity contribution in [3.8, 4) is 0 Å². The minimum atomic E-state index is -0.713. The van der Waals surface area contributed by atoms with Crippen LogP contribution in [-0.2, 0) is 14.3 Å². The maximum absolute atomic E-state index is 12.2. The first-order valence-electron chi connectivity index (χ1n) is 9.30. The number of nitro benzene ring substituents is 1. The number of esters is 1. The molecule has 0 radical (unpaired) electrons. The van der Waals surface area contributed by atoms with E-state index in [1.54, 1.807) is 6.07 Å². The van der Waals surface area contributed by atoms with Crippen LogP contribution in [0.3, 0.4) is 0 Å². The molecule has 1 atom stereocenters. The molecule has 0 aliphatic carbocycles. The smallest absolute Gasteiger partial charge is 0.331 e. The second-order valence-electron chi connectivity index (χ2n) is 6.65. The van der Waals surface area contributed by atoms with Crippen LogP contribution in [0.2, 0.25) is 0 Å². The van der Waals surface area contributed by atoms with E-state index >= 15 is 0 Å². The van der Waals surface area contributed by atoms with Gasteiger partial charge in [-0.15, -0.1) is 0 Å². The molecule has 1 N–H and O–H groups in total. The number of hydrogen-bond acceptors (Lipinski definition) is 5. The van der Waals surface area contributed by atoms with Crippen molar-refractivity contribution >= 4 is 34.4 Å². The number of carbonyl (C=O) groups excluding carboxylic acids is 2. The molecular weight excluding hydrogens is 384 g/mol. The Kier molecular flexibility index (Phi) is 6.54. The van der Waals surface area contributed by atoms with Gasteiger partial charge in [0.2, 0.25) is 0 Å². The van der Waals surface area contributed by atoms with Crippen LogP contribution in [0, 0.1) is 10.1 Å². The first-order chi connectivity index (χ1) is 14.4. The number of fused-ring (bicyclic) bond motifs is 1. The second-order valence-corrected chi connectivity index (χ2v) is 6.65. The molecule has 0 spiro atoms. The monoisotopic (exact) mass is 404 g/mol. The molecule has 0 heterocycles. The van der Waals surface area contributed by atoms with Gasteiger partial charge < -0.3 is 10.1 Å². The predicted octanol–water partition coefficient (Wildman–Crippen LogP) is 4.18. The van der Waals surface area contributed by atoms with Crippen molar-refractivity contribution < 1.29 is 19.2 Å². The molecule has 30 heavy (non-hydrogen) atoms. The first kappa shape index (κ1) is 20.7. The third kappa shape index (κ3) is 5.29. The Bertz CT molecular complexity index is 1120. The molecule has 0 aromatic heterocycles. The molecule has 1 amide bonds. The van der Waals surface area contributed by atoms with E-state index in [1.807, 2.05) is 49.4 Å². The predicted molar refractivity (Wildman–Crippen MR) is 114 cm³/mol. The number of hydrogen-bond donors (Lipinski definition) is 1. The highest BCUT2D eigenvalue weighted by Gasteiger charge is 2.13. The molecule has 152 valence electrons. The van der Waals surface area contributed by atoms with Gasteiger partial charge in [-0.25, -0.2) is 4.79 Å². The van der Waals surface area contributed by atoms with Crippen LogP contribution in [0.5, 0.6) is 0 Å². The second kappa shape index (κ2) is 9.47. The van der Waals surface area contributed by atoms with Gasteiger partial charge in [0, 0.05) is 18.2 Å². The number of carbonyl (C=O) groups is 2. The van der Waals surface area contributed by atoms with Crippen molar-refractivity contribution in [3.05, 3.63) is 94.0 Å². The molecule has 0 aliphatic heterocycles. The fraction of sp³-hybridized carbons (Fsp3) is 0.130. The first-order valence-corrected chi connectivity index (χ1v) is 9.30.